The molecule has 0 saturated heterocycles. The number of hydrazine groups is 2. The Morgan fingerprint density at radius 2 is 2.33 bits per heavy atom. The number of nitrogens with two attached hydrogens (primary N) is 2. The number of urea groups is 1. The van der Waals surface area contributed by atoms with Crippen LogP contribution >= 0.6 is 11.3 Å². The Morgan fingerprint density at radius 3 is 3.07 bits per heavy atom. The summed E-state index contributed by atoms with van der Waals surface area (Å²) in [4.78, 5) is 15.3. The SMILES string of the molecule is NNC(=O)N(N)c1ccc2ncsc2c1. The number of aromatic nitrogens is 1. The minimum Gasteiger partial charge on any atom is -0.274 e. The van der Waals surface area contributed by atoms with E-state index < -0.39 is 6.03 Å². The molecule has 7 heteroatoms. The molecule has 1 heterocycles. The van der Waals surface area contributed by atoms with Crippen molar-refractivity contribution in [3.05, 3.63) is 23.7 Å². The van der Waals surface area contributed by atoms with Crippen LogP contribution in [0.5, 0.6) is 0 Å². The van der Waals surface area contributed by atoms with Crippen molar-refractivity contribution in [2.45, 2.75) is 0 Å². The summed E-state index contributed by atoms with van der Waals surface area (Å²) in [5.41, 5.74) is 5.13. The summed E-state index contributed by atoms with van der Waals surface area (Å²) in [7, 11) is 0. The number of nitrogens with zero attached hydrogens (tertiary/aromatic N) is 2. The van der Waals surface area contributed by atoms with Crippen molar-refractivity contribution in [1.82, 2.24) is 10.4 Å². The van der Waals surface area contributed by atoms with Crippen LogP contribution in [0.25, 0.3) is 10.2 Å². The lowest BCUT2D eigenvalue weighted by Gasteiger charge is -2.15. The van der Waals surface area contributed by atoms with Crippen molar-refractivity contribution in [2.24, 2.45) is 11.7 Å². The highest BCUT2D eigenvalue weighted by Crippen LogP contribution is 2.23. The number of hydrogen-bond acceptors (Lipinski definition) is 5. The average molecular weight is 223 g/mol. The van der Waals surface area contributed by atoms with Crippen LogP contribution in [0.1, 0.15) is 0 Å². The first-order valence-corrected chi connectivity index (χ1v) is 4.99. The third-order valence-electron chi connectivity index (χ3n) is 1.94. The topological polar surface area (TPSA) is 97.3 Å². The van der Waals surface area contributed by atoms with E-state index in [0.717, 1.165) is 15.2 Å². The molecule has 2 rings (SSSR count). The van der Waals surface area contributed by atoms with Crippen LogP contribution in [-0.4, -0.2) is 11.0 Å². The molecule has 0 spiro atoms. The Kier molecular flexibility index (Phi) is 2.50. The minimum atomic E-state index is -0.570. The van der Waals surface area contributed by atoms with E-state index in [4.69, 9.17) is 11.7 Å². The van der Waals surface area contributed by atoms with Gasteiger partial charge in [-0.1, -0.05) is 0 Å². The summed E-state index contributed by atoms with van der Waals surface area (Å²) in [6.45, 7) is 0. The van der Waals surface area contributed by atoms with E-state index in [1.54, 1.807) is 23.7 Å². The van der Waals surface area contributed by atoms with Crippen LogP contribution in [0.3, 0.4) is 0 Å². The van der Waals surface area contributed by atoms with Gasteiger partial charge in [-0.2, -0.15) is 0 Å². The number of nitrogens with one attached hydrogen (secondary N) is 1. The Morgan fingerprint density at radius 1 is 1.53 bits per heavy atom. The number of carbonyl (C=O) groups excluding carboxylic acids is 1. The molecule has 0 atom stereocenters. The van der Waals surface area contributed by atoms with Crippen molar-refractivity contribution in [1.29, 1.82) is 0 Å². The zero-order valence-corrected chi connectivity index (χ0v) is 8.49. The molecule has 0 radical (unpaired) electrons. The molecule has 2 aromatic rings. The predicted octanol–water partition coefficient (Wildman–Crippen LogP) is 0.560. The maximum absolute atomic E-state index is 11.1. The maximum Gasteiger partial charge on any atom is 0.350 e. The standard InChI is InChI=1S/C8H9N5OS/c9-12-8(14)13(10)5-1-2-6-7(3-5)15-4-11-6/h1-4H,9-10H2,(H,12,14). The number of carbonyl (C=O) groups is 1. The van der Waals surface area contributed by atoms with Gasteiger partial charge in [0, 0.05) is 0 Å². The number of fused-ring (bicyclic) bond motifs is 1. The van der Waals surface area contributed by atoms with Crippen molar-refractivity contribution < 1.29 is 4.79 Å². The van der Waals surface area contributed by atoms with Gasteiger partial charge in [-0.05, 0) is 18.2 Å². The van der Waals surface area contributed by atoms with Crippen LogP contribution in [0.15, 0.2) is 23.7 Å². The monoisotopic (exact) mass is 223 g/mol. The van der Waals surface area contributed by atoms with Gasteiger partial charge in [0.05, 0.1) is 21.4 Å². The van der Waals surface area contributed by atoms with Gasteiger partial charge in [0.1, 0.15) is 0 Å². The minimum absolute atomic E-state index is 0.565. The average Bonchev–Trinajstić information content (AvgIpc) is 2.73. The van der Waals surface area contributed by atoms with E-state index in [9.17, 15) is 4.79 Å². The second kappa shape index (κ2) is 3.81. The van der Waals surface area contributed by atoms with E-state index in [0.29, 0.717) is 5.69 Å². The summed E-state index contributed by atoms with van der Waals surface area (Å²) in [6, 6.07) is 4.71. The van der Waals surface area contributed by atoms with E-state index in [2.05, 4.69) is 4.98 Å². The van der Waals surface area contributed by atoms with Crippen LogP contribution in [0.4, 0.5) is 10.5 Å². The van der Waals surface area contributed by atoms with Crippen LogP contribution in [-0.2, 0) is 0 Å². The predicted molar refractivity (Wildman–Crippen MR) is 59.0 cm³/mol. The highest BCUT2D eigenvalue weighted by atomic mass is 32.1. The summed E-state index contributed by atoms with van der Waals surface area (Å²) in [5, 5.41) is 0.944. The fourth-order valence-corrected chi connectivity index (χ4v) is 1.89. The Balaban J connectivity index is 2.39. The van der Waals surface area contributed by atoms with E-state index >= 15 is 0 Å². The highest BCUT2D eigenvalue weighted by Gasteiger charge is 2.10. The Labute approximate surface area is 89.4 Å². The molecule has 0 unspecified atom stereocenters. The smallest absolute Gasteiger partial charge is 0.274 e. The van der Waals surface area contributed by atoms with Gasteiger partial charge in [-0.15, -0.1) is 11.3 Å². The molecule has 2 amide bonds. The second-order valence-corrected chi connectivity index (χ2v) is 3.71. The Bertz CT molecular complexity index is 496. The molecule has 15 heavy (non-hydrogen) atoms. The van der Waals surface area contributed by atoms with E-state index in [1.165, 1.54) is 11.3 Å². The molecule has 78 valence electrons. The van der Waals surface area contributed by atoms with Crippen LogP contribution in [0.2, 0.25) is 0 Å². The summed E-state index contributed by atoms with van der Waals surface area (Å²) in [5.74, 6) is 10.5. The quantitative estimate of drug-likeness (QED) is 0.374. The van der Waals surface area contributed by atoms with Crippen molar-refractivity contribution in [2.75, 3.05) is 5.01 Å². The molecule has 0 bridgehead atoms. The number of hydrogen-bond donors (Lipinski definition) is 3. The van der Waals surface area contributed by atoms with E-state index in [-0.39, 0.29) is 0 Å². The molecule has 5 N–H and O–H groups in total. The molecular weight excluding hydrogens is 214 g/mol. The fraction of sp³-hybridized carbons (Fsp3) is 0. The number of thiazole rings is 1. The van der Waals surface area contributed by atoms with Crippen LogP contribution in [0, 0.1) is 0 Å². The van der Waals surface area contributed by atoms with Gasteiger partial charge in [-0.25, -0.2) is 26.5 Å². The molecule has 0 saturated carbocycles. The molecule has 1 aromatic heterocycles. The zero-order chi connectivity index (χ0) is 10.8. The largest absolute Gasteiger partial charge is 0.350 e. The molecule has 0 aliphatic carbocycles. The third kappa shape index (κ3) is 1.75. The van der Waals surface area contributed by atoms with Gasteiger partial charge >= 0.3 is 6.03 Å². The lowest BCUT2D eigenvalue weighted by molar-refractivity contribution is 0.246. The van der Waals surface area contributed by atoms with Gasteiger partial charge in [0.15, 0.2) is 0 Å². The lowest BCUT2D eigenvalue weighted by atomic mass is 10.3. The molecule has 0 aliphatic rings. The van der Waals surface area contributed by atoms with Gasteiger partial charge in [0.25, 0.3) is 0 Å². The fourth-order valence-electron chi connectivity index (χ4n) is 1.18. The van der Waals surface area contributed by atoms with Crippen LogP contribution < -0.4 is 22.1 Å². The summed E-state index contributed by atoms with van der Waals surface area (Å²) in [6.07, 6.45) is 0. The second-order valence-electron chi connectivity index (χ2n) is 2.82. The first-order chi connectivity index (χ1) is 7.22. The Hall–Kier alpha value is -1.70. The molecule has 0 aliphatic heterocycles. The van der Waals surface area contributed by atoms with Gasteiger partial charge in [-0.3, -0.25) is 5.43 Å². The van der Waals surface area contributed by atoms with Crippen molar-refractivity contribution >= 4 is 33.3 Å². The highest BCUT2D eigenvalue weighted by molar-refractivity contribution is 7.16. The molecule has 1 aromatic carbocycles. The summed E-state index contributed by atoms with van der Waals surface area (Å²) < 4.78 is 0.966. The van der Waals surface area contributed by atoms with Gasteiger partial charge in [0.2, 0.25) is 0 Å². The molecule has 0 fully saturated rings. The first kappa shape index (κ1) is 9.84. The molecular formula is C8H9N5OS. The maximum atomic E-state index is 11.1. The lowest BCUT2D eigenvalue weighted by Crippen LogP contribution is -2.47. The van der Waals surface area contributed by atoms with Crippen molar-refractivity contribution in [3.63, 3.8) is 0 Å². The summed E-state index contributed by atoms with van der Waals surface area (Å²) >= 11 is 1.48. The zero-order valence-electron chi connectivity index (χ0n) is 7.68. The van der Waals surface area contributed by atoms with Gasteiger partial charge < -0.3 is 0 Å². The molecule has 6 nitrogen and oxygen atoms in total. The first-order valence-electron chi connectivity index (χ1n) is 4.11. The normalized spacial score (nSPS) is 10.3. The number of rotatable bonds is 1. The number of anilines is 1. The van der Waals surface area contributed by atoms with E-state index in [1.807, 2.05) is 5.43 Å². The third-order valence-corrected chi connectivity index (χ3v) is 2.73. The number of amides is 2. The van der Waals surface area contributed by atoms with Crippen molar-refractivity contribution in [3.8, 4) is 0 Å². The number of benzene rings is 1.